The van der Waals surface area contributed by atoms with Crippen molar-refractivity contribution in [3.05, 3.63) is 28.8 Å². The zero-order chi connectivity index (χ0) is 24.1. The average Bonchev–Trinajstić information content (AvgIpc) is 3.41. The van der Waals surface area contributed by atoms with Gasteiger partial charge in [-0.05, 0) is 43.7 Å². The molecule has 3 fully saturated rings. The maximum absolute atomic E-state index is 13.9. The monoisotopic (exact) mass is 493 g/mol. The molecule has 3 heterocycles. The van der Waals surface area contributed by atoms with Crippen LogP contribution in [0.4, 0.5) is 5.69 Å². The molecule has 6 atom stereocenters. The number of benzene rings is 1. The van der Waals surface area contributed by atoms with Crippen LogP contribution < -0.4 is 10.6 Å². The Hall–Kier alpha value is -1.77. The fraction of sp³-hybridized carbons (Fsp3) is 0.625. The van der Waals surface area contributed by atoms with Gasteiger partial charge >= 0.3 is 0 Å². The van der Waals surface area contributed by atoms with E-state index in [1.165, 1.54) is 0 Å². The van der Waals surface area contributed by atoms with E-state index in [0.717, 1.165) is 12.0 Å². The number of hydrogen-bond donors (Lipinski definition) is 3. The van der Waals surface area contributed by atoms with Gasteiger partial charge in [-0.2, -0.15) is 0 Å². The molecule has 3 amide bonds. The molecule has 0 radical (unpaired) electrons. The third kappa shape index (κ3) is 3.84. The highest BCUT2D eigenvalue weighted by Crippen LogP contribution is 2.66. The maximum atomic E-state index is 13.9. The number of likely N-dealkylation sites (tertiary alicyclic amines) is 1. The van der Waals surface area contributed by atoms with Crippen LogP contribution in [0.5, 0.6) is 0 Å². The number of hydrogen-bond acceptors (Lipinski definition) is 5. The highest BCUT2D eigenvalue weighted by atomic mass is 35.5. The van der Waals surface area contributed by atoms with Crippen molar-refractivity contribution in [2.75, 3.05) is 19.0 Å². The first-order valence-electron chi connectivity index (χ1n) is 11.5. The second-order valence-electron chi connectivity index (χ2n) is 9.80. The van der Waals surface area contributed by atoms with Gasteiger partial charge in [-0.15, -0.1) is 11.8 Å². The second-order valence-corrected chi connectivity index (χ2v) is 11.8. The van der Waals surface area contributed by atoms with Gasteiger partial charge in [-0.1, -0.05) is 37.6 Å². The van der Waals surface area contributed by atoms with Gasteiger partial charge in [0.25, 0.3) is 0 Å². The molecule has 3 saturated heterocycles. The minimum Gasteiger partial charge on any atom is -0.394 e. The van der Waals surface area contributed by atoms with Crippen molar-refractivity contribution < 1.29 is 19.5 Å². The molecule has 3 N–H and O–H groups in total. The number of carbonyl (C=O) groups excluding carboxylic acids is 3. The van der Waals surface area contributed by atoms with Crippen LogP contribution in [0.25, 0.3) is 0 Å². The molecule has 1 aromatic carbocycles. The molecule has 180 valence electrons. The quantitative estimate of drug-likeness (QED) is 0.542. The normalized spacial score (nSPS) is 31.1. The van der Waals surface area contributed by atoms with Crippen molar-refractivity contribution in [2.24, 2.45) is 17.8 Å². The number of thioether (sulfide) groups is 1. The molecule has 0 aromatic heterocycles. The lowest BCUT2D eigenvalue weighted by molar-refractivity contribution is -0.142. The van der Waals surface area contributed by atoms with E-state index in [1.807, 2.05) is 32.9 Å². The van der Waals surface area contributed by atoms with Crippen LogP contribution in [0.3, 0.4) is 0 Å². The van der Waals surface area contributed by atoms with Gasteiger partial charge in [0.05, 0.1) is 39.9 Å². The van der Waals surface area contributed by atoms with Gasteiger partial charge < -0.3 is 20.6 Å². The molecule has 3 aliphatic heterocycles. The summed E-state index contributed by atoms with van der Waals surface area (Å²) in [5, 5.41) is 16.4. The van der Waals surface area contributed by atoms with Gasteiger partial charge in [0.15, 0.2) is 0 Å². The smallest absolute Gasteiger partial charge is 0.248 e. The summed E-state index contributed by atoms with van der Waals surface area (Å²) in [5.74, 6) is -1.49. The van der Waals surface area contributed by atoms with E-state index in [2.05, 4.69) is 10.6 Å². The summed E-state index contributed by atoms with van der Waals surface area (Å²) in [6, 6.07) is 4.12. The Labute approximate surface area is 204 Å². The first-order valence-corrected chi connectivity index (χ1v) is 12.8. The summed E-state index contributed by atoms with van der Waals surface area (Å²) in [5.41, 5.74) is 1.36. The van der Waals surface area contributed by atoms with Crippen LogP contribution in [-0.2, 0) is 14.4 Å². The topological polar surface area (TPSA) is 98.7 Å². The lowest BCUT2D eigenvalue weighted by Gasteiger charge is -2.37. The molecule has 33 heavy (non-hydrogen) atoms. The van der Waals surface area contributed by atoms with Crippen LogP contribution in [-0.4, -0.2) is 63.5 Å². The Morgan fingerprint density at radius 3 is 2.67 bits per heavy atom. The van der Waals surface area contributed by atoms with Gasteiger partial charge in [-0.25, -0.2) is 0 Å². The first kappa shape index (κ1) is 24.4. The fourth-order valence-corrected chi connectivity index (χ4v) is 8.53. The van der Waals surface area contributed by atoms with Crippen molar-refractivity contribution in [3.63, 3.8) is 0 Å². The third-order valence-corrected chi connectivity index (χ3v) is 9.62. The zero-order valence-corrected chi connectivity index (χ0v) is 21.0. The highest BCUT2D eigenvalue weighted by molar-refractivity contribution is 8.02. The van der Waals surface area contributed by atoms with E-state index >= 15 is 0 Å². The molecular formula is C24H32ClN3O4S. The number of rotatable bonds is 7. The number of para-hydroxylation sites is 1. The summed E-state index contributed by atoms with van der Waals surface area (Å²) < 4.78 is -0.692. The molecule has 2 unspecified atom stereocenters. The summed E-state index contributed by atoms with van der Waals surface area (Å²) in [4.78, 5) is 42.2. The maximum Gasteiger partial charge on any atom is 0.248 e. The summed E-state index contributed by atoms with van der Waals surface area (Å²) in [6.07, 6.45) is 2.03. The van der Waals surface area contributed by atoms with Crippen molar-refractivity contribution in [1.82, 2.24) is 10.2 Å². The van der Waals surface area contributed by atoms with Crippen LogP contribution in [0.2, 0.25) is 5.02 Å². The van der Waals surface area contributed by atoms with Crippen molar-refractivity contribution >= 4 is 46.8 Å². The van der Waals surface area contributed by atoms with E-state index in [1.54, 1.807) is 29.8 Å². The molecule has 7 nitrogen and oxygen atoms in total. The Balaban J connectivity index is 1.78. The number of amides is 3. The van der Waals surface area contributed by atoms with Crippen molar-refractivity contribution in [2.45, 2.75) is 62.1 Å². The lowest BCUT2D eigenvalue weighted by atomic mass is 9.70. The number of nitrogens with one attached hydrogen (secondary N) is 2. The SMILES string of the molecule is CNC(=O)[C@@H]1[C@H]2C(=O)N([C@@H](CO)CC(C)C)C(C(=O)Nc3c(C)cccc3Cl)C23CC[C@H]1S3. The van der Waals surface area contributed by atoms with Crippen LogP contribution in [0.1, 0.15) is 38.7 Å². The Kier molecular flexibility index (Phi) is 6.73. The predicted octanol–water partition coefficient (Wildman–Crippen LogP) is 2.83. The average molecular weight is 494 g/mol. The minimum absolute atomic E-state index is 0.0103. The number of aryl methyl sites for hydroxylation is 1. The number of nitrogens with zero attached hydrogens (tertiary/aromatic N) is 1. The van der Waals surface area contributed by atoms with Crippen molar-refractivity contribution in [3.8, 4) is 0 Å². The largest absolute Gasteiger partial charge is 0.394 e. The molecule has 4 rings (SSSR count). The van der Waals surface area contributed by atoms with E-state index in [0.29, 0.717) is 23.6 Å². The minimum atomic E-state index is -0.786. The van der Waals surface area contributed by atoms with Gasteiger partial charge in [0.2, 0.25) is 17.7 Å². The molecule has 1 spiro atoms. The predicted molar refractivity (Wildman–Crippen MR) is 130 cm³/mol. The Morgan fingerprint density at radius 2 is 2.06 bits per heavy atom. The first-order chi connectivity index (χ1) is 15.7. The molecular weight excluding hydrogens is 462 g/mol. The number of halogens is 1. The van der Waals surface area contributed by atoms with E-state index < -0.39 is 28.7 Å². The number of carbonyl (C=O) groups is 3. The fourth-order valence-electron chi connectivity index (χ4n) is 6.05. The summed E-state index contributed by atoms with van der Waals surface area (Å²) >= 11 is 7.99. The van der Waals surface area contributed by atoms with Crippen LogP contribution in [0.15, 0.2) is 18.2 Å². The number of aliphatic hydroxyl groups excluding tert-OH is 1. The molecule has 3 aliphatic rings. The van der Waals surface area contributed by atoms with Gasteiger partial charge in [-0.3, -0.25) is 14.4 Å². The number of fused-ring (bicyclic) bond motifs is 1. The van der Waals surface area contributed by atoms with Gasteiger partial charge in [0.1, 0.15) is 6.04 Å². The molecule has 9 heteroatoms. The highest BCUT2D eigenvalue weighted by Gasteiger charge is 2.74. The third-order valence-electron chi connectivity index (χ3n) is 7.35. The summed E-state index contributed by atoms with van der Waals surface area (Å²) in [6.45, 7) is 5.68. The molecule has 1 aromatic rings. The Bertz CT molecular complexity index is 953. The summed E-state index contributed by atoms with van der Waals surface area (Å²) in [7, 11) is 1.59. The number of aliphatic hydroxyl groups is 1. The lowest BCUT2D eigenvalue weighted by Crippen LogP contribution is -2.55. The van der Waals surface area contributed by atoms with Crippen LogP contribution >= 0.6 is 23.4 Å². The zero-order valence-electron chi connectivity index (χ0n) is 19.4. The van der Waals surface area contributed by atoms with E-state index in [-0.39, 0.29) is 35.5 Å². The Morgan fingerprint density at radius 1 is 1.33 bits per heavy atom. The van der Waals surface area contributed by atoms with Gasteiger partial charge in [0, 0.05) is 12.3 Å². The molecule has 0 aliphatic carbocycles. The molecule has 2 bridgehead atoms. The standard InChI is InChI=1S/C24H32ClN3O4S/c1-12(2)10-14(11-29)28-20(22(31)27-19-13(3)6-5-7-15(19)25)24-9-8-16(33-24)17(21(30)26-4)18(24)23(28)32/h5-7,12,14,16-18,20,29H,8-11H2,1-4H3,(H,26,30)(H,27,31)/t14-,16-,17+,18+,20?,24?/m1/s1. The molecule has 0 saturated carbocycles. The second kappa shape index (κ2) is 9.12. The van der Waals surface area contributed by atoms with Crippen LogP contribution in [0, 0.1) is 24.7 Å². The van der Waals surface area contributed by atoms with E-state index in [4.69, 9.17) is 11.6 Å². The number of anilines is 1. The van der Waals surface area contributed by atoms with E-state index in [9.17, 15) is 19.5 Å². The van der Waals surface area contributed by atoms with Crippen molar-refractivity contribution in [1.29, 1.82) is 0 Å².